The Balaban J connectivity index is 1.84. The van der Waals surface area contributed by atoms with Crippen LogP contribution in [0.2, 0.25) is 0 Å². The Morgan fingerprint density at radius 1 is 1.36 bits per heavy atom. The van der Waals surface area contributed by atoms with Gasteiger partial charge in [-0.15, -0.1) is 6.58 Å². The van der Waals surface area contributed by atoms with E-state index in [0.717, 1.165) is 12.8 Å². The summed E-state index contributed by atoms with van der Waals surface area (Å²) in [5.74, 6) is -2.79. The lowest BCUT2D eigenvalue weighted by Gasteiger charge is -2.39. The van der Waals surface area contributed by atoms with Crippen LogP contribution < -0.4 is 0 Å². The lowest BCUT2D eigenvalue weighted by molar-refractivity contribution is -0.156. The largest absolute Gasteiger partial charge is 0.466 e. The lowest BCUT2D eigenvalue weighted by Crippen LogP contribution is -2.57. The van der Waals surface area contributed by atoms with Crippen LogP contribution in [-0.4, -0.2) is 81.6 Å². The minimum absolute atomic E-state index is 0.183. The number of carbonyl (C=O) groups excluding carboxylic acids is 3. The minimum atomic E-state index is -1.20. The molecule has 3 fully saturated rings. The first kappa shape index (κ1) is 26.8. The summed E-state index contributed by atoms with van der Waals surface area (Å²) >= 11 is 3.66. The maximum Gasteiger partial charge on any atom is 0.312 e. The number of hydrogen-bond acceptors (Lipinski definition) is 6. The number of fused-ring (bicyclic) bond motifs is 1. The molecule has 1 N–H and O–H groups in total. The van der Waals surface area contributed by atoms with E-state index in [9.17, 15) is 19.5 Å². The summed E-state index contributed by atoms with van der Waals surface area (Å²) in [5.41, 5.74) is -0.484. The third-order valence-corrected chi connectivity index (χ3v) is 8.50. The Labute approximate surface area is 220 Å². The number of rotatable bonds is 11. The Kier molecular flexibility index (Phi) is 8.22. The van der Waals surface area contributed by atoms with Crippen molar-refractivity contribution in [2.24, 2.45) is 11.8 Å². The summed E-state index contributed by atoms with van der Waals surface area (Å²) < 4.78 is 11.9. The molecular formula is C27H35BrN2O6. The molecule has 4 rings (SSSR count). The number of aliphatic hydroxyl groups is 1. The first-order valence-electron chi connectivity index (χ1n) is 12.7. The number of aliphatic hydroxyl groups excluding tert-OH is 1. The van der Waals surface area contributed by atoms with Crippen LogP contribution in [0.15, 0.2) is 43.0 Å². The first-order chi connectivity index (χ1) is 17.4. The van der Waals surface area contributed by atoms with Gasteiger partial charge in [0.25, 0.3) is 0 Å². The second-order valence-corrected chi connectivity index (χ2v) is 10.9. The number of halogens is 1. The number of alkyl halides is 1. The van der Waals surface area contributed by atoms with Crippen LogP contribution in [0.25, 0.3) is 0 Å². The summed E-state index contributed by atoms with van der Waals surface area (Å²) in [6, 6.07) is 7.42. The second kappa shape index (κ2) is 11.0. The molecule has 3 aliphatic heterocycles. The standard InChI is InChI=1S/C27H35BrN2O6/c1-4-7-14-29(13-5-2)25(33)23-27-15-18(28)22(36-27)20(26(34)35-6-3)21(27)24(32)30(23)19(16-31)17-11-9-8-10-12-17/h5,8-12,18-23,31H,2,4,6-7,13-16H2,1,3H3/t18?,19-,20-,21+,22-,23-,27+/m1/s1. The van der Waals surface area contributed by atoms with E-state index in [-0.39, 0.29) is 29.9 Å². The van der Waals surface area contributed by atoms with Gasteiger partial charge in [-0.1, -0.05) is 65.7 Å². The van der Waals surface area contributed by atoms with Crippen molar-refractivity contribution in [3.8, 4) is 0 Å². The number of hydrogen-bond donors (Lipinski definition) is 1. The maximum absolute atomic E-state index is 14.3. The van der Waals surface area contributed by atoms with E-state index in [1.165, 1.54) is 4.90 Å². The van der Waals surface area contributed by atoms with Gasteiger partial charge < -0.3 is 24.4 Å². The van der Waals surface area contributed by atoms with Crippen LogP contribution in [0.3, 0.4) is 0 Å². The molecule has 3 saturated heterocycles. The summed E-state index contributed by atoms with van der Waals surface area (Å²) in [4.78, 5) is 44.5. The van der Waals surface area contributed by atoms with E-state index >= 15 is 0 Å². The fourth-order valence-electron chi connectivity index (χ4n) is 6.19. The van der Waals surface area contributed by atoms with E-state index in [4.69, 9.17) is 9.47 Å². The highest BCUT2D eigenvalue weighted by molar-refractivity contribution is 9.09. The monoisotopic (exact) mass is 562 g/mol. The van der Waals surface area contributed by atoms with Crippen LogP contribution in [0, 0.1) is 11.8 Å². The molecule has 2 amide bonds. The zero-order chi connectivity index (χ0) is 26.0. The average molecular weight is 563 g/mol. The Hall–Kier alpha value is -2.23. The number of carbonyl (C=O) groups is 3. The number of esters is 1. The molecule has 0 aliphatic carbocycles. The molecule has 196 valence electrons. The molecule has 1 unspecified atom stereocenters. The molecule has 36 heavy (non-hydrogen) atoms. The van der Waals surface area contributed by atoms with Crippen LogP contribution in [-0.2, 0) is 23.9 Å². The van der Waals surface area contributed by atoms with Crippen LogP contribution in [0.5, 0.6) is 0 Å². The molecule has 3 heterocycles. The van der Waals surface area contributed by atoms with Gasteiger partial charge in [-0.2, -0.15) is 0 Å². The first-order valence-corrected chi connectivity index (χ1v) is 13.6. The van der Waals surface area contributed by atoms with Gasteiger partial charge in [0.15, 0.2) is 0 Å². The summed E-state index contributed by atoms with van der Waals surface area (Å²) in [6.45, 7) is 8.24. The Morgan fingerprint density at radius 2 is 2.08 bits per heavy atom. The zero-order valence-electron chi connectivity index (χ0n) is 20.8. The second-order valence-electron chi connectivity index (χ2n) is 9.70. The highest BCUT2D eigenvalue weighted by atomic mass is 79.9. The number of likely N-dealkylation sites (tertiary alicyclic amines) is 1. The number of amides is 2. The number of unbranched alkanes of at least 4 members (excludes halogenated alkanes) is 1. The number of ether oxygens (including phenoxy) is 2. The van der Waals surface area contributed by atoms with Crippen molar-refractivity contribution in [1.29, 1.82) is 0 Å². The molecule has 0 saturated carbocycles. The molecule has 1 spiro atoms. The smallest absolute Gasteiger partial charge is 0.312 e. The van der Waals surface area contributed by atoms with Gasteiger partial charge in [-0.05, 0) is 25.3 Å². The van der Waals surface area contributed by atoms with Crippen molar-refractivity contribution < 1.29 is 29.0 Å². The van der Waals surface area contributed by atoms with Crippen molar-refractivity contribution in [3.63, 3.8) is 0 Å². The highest BCUT2D eigenvalue weighted by Gasteiger charge is 2.77. The molecule has 1 aromatic carbocycles. The molecule has 0 aromatic heterocycles. The molecule has 2 bridgehead atoms. The van der Waals surface area contributed by atoms with E-state index in [0.29, 0.717) is 25.1 Å². The van der Waals surface area contributed by atoms with Gasteiger partial charge in [-0.3, -0.25) is 14.4 Å². The van der Waals surface area contributed by atoms with Crippen molar-refractivity contribution >= 4 is 33.7 Å². The third kappa shape index (κ3) is 4.29. The van der Waals surface area contributed by atoms with Crippen LogP contribution in [0.4, 0.5) is 0 Å². The van der Waals surface area contributed by atoms with E-state index in [1.54, 1.807) is 17.9 Å². The molecule has 1 aromatic rings. The van der Waals surface area contributed by atoms with Crippen molar-refractivity contribution in [2.45, 2.75) is 61.7 Å². The number of nitrogens with zero attached hydrogens (tertiary/aromatic N) is 2. The predicted octanol–water partition coefficient (Wildman–Crippen LogP) is 2.85. The van der Waals surface area contributed by atoms with Crippen molar-refractivity contribution in [2.75, 3.05) is 26.3 Å². The van der Waals surface area contributed by atoms with Crippen molar-refractivity contribution in [3.05, 3.63) is 48.6 Å². The third-order valence-electron chi connectivity index (χ3n) is 7.66. The summed E-state index contributed by atoms with van der Waals surface area (Å²) in [7, 11) is 0. The Morgan fingerprint density at radius 3 is 2.69 bits per heavy atom. The summed E-state index contributed by atoms with van der Waals surface area (Å²) in [6.07, 6.45) is 3.21. The summed E-state index contributed by atoms with van der Waals surface area (Å²) in [5, 5.41) is 10.5. The van der Waals surface area contributed by atoms with Gasteiger partial charge >= 0.3 is 5.97 Å². The fourth-order valence-corrected chi connectivity index (χ4v) is 7.13. The van der Waals surface area contributed by atoms with Gasteiger partial charge in [0.05, 0.1) is 37.2 Å². The molecule has 0 radical (unpaired) electrons. The SMILES string of the molecule is C=CCN(CCCC)C(=O)[C@H]1N([C@H](CO)c2ccccc2)C(=O)[C@@H]2[C@@H](C(=O)OCC)[C@@H]3O[C@@]21CC3Br. The van der Waals surface area contributed by atoms with Crippen molar-refractivity contribution in [1.82, 2.24) is 9.80 Å². The number of benzene rings is 1. The van der Waals surface area contributed by atoms with Gasteiger partial charge in [0.1, 0.15) is 11.6 Å². The van der Waals surface area contributed by atoms with Gasteiger partial charge in [0.2, 0.25) is 11.8 Å². The van der Waals surface area contributed by atoms with Crippen LogP contribution in [0.1, 0.15) is 44.7 Å². The quantitative estimate of drug-likeness (QED) is 0.253. The lowest BCUT2D eigenvalue weighted by atomic mass is 9.70. The highest BCUT2D eigenvalue weighted by Crippen LogP contribution is 2.61. The zero-order valence-corrected chi connectivity index (χ0v) is 22.4. The topological polar surface area (TPSA) is 96.4 Å². The molecule has 9 heteroatoms. The van der Waals surface area contributed by atoms with Gasteiger partial charge in [-0.25, -0.2) is 0 Å². The minimum Gasteiger partial charge on any atom is -0.466 e. The fraction of sp³-hybridized carbons (Fsp3) is 0.593. The Bertz CT molecular complexity index is 990. The maximum atomic E-state index is 14.3. The molecule has 8 nitrogen and oxygen atoms in total. The predicted molar refractivity (Wildman–Crippen MR) is 137 cm³/mol. The normalized spacial score (nSPS) is 31.3. The molecule has 7 atom stereocenters. The molecule has 3 aliphatic rings. The average Bonchev–Trinajstić information content (AvgIpc) is 3.46. The van der Waals surface area contributed by atoms with E-state index in [2.05, 4.69) is 29.4 Å². The molecular weight excluding hydrogens is 528 g/mol. The van der Waals surface area contributed by atoms with E-state index < -0.39 is 41.6 Å². The van der Waals surface area contributed by atoms with Crippen LogP contribution >= 0.6 is 15.9 Å². The van der Waals surface area contributed by atoms with Gasteiger partial charge in [0, 0.05) is 17.9 Å². The van der Waals surface area contributed by atoms with E-state index in [1.807, 2.05) is 30.3 Å².